The molecule has 0 rings (SSSR count). The van der Waals surface area contributed by atoms with Gasteiger partial charge >= 0.3 is 0 Å². The van der Waals surface area contributed by atoms with E-state index >= 15 is 0 Å². The molecule has 0 spiro atoms. The Balaban J connectivity index is 0. The Bertz CT molecular complexity index is 183. The van der Waals surface area contributed by atoms with Crippen molar-refractivity contribution < 1.29 is 42.1 Å². The second kappa shape index (κ2) is 9.21. The first-order valence-electron chi connectivity index (χ1n) is 4.81. The van der Waals surface area contributed by atoms with Crippen LogP contribution >= 0.6 is 10.0 Å². The van der Waals surface area contributed by atoms with Crippen molar-refractivity contribution in [1.82, 2.24) is 0 Å². The van der Waals surface area contributed by atoms with E-state index in [1.54, 1.807) is 6.92 Å². The van der Waals surface area contributed by atoms with Crippen LogP contribution in [-0.4, -0.2) is 23.9 Å². The van der Waals surface area contributed by atoms with Gasteiger partial charge in [0.1, 0.15) is 0 Å². The van der Waals surface area contributed by atoms with Crippen molar-refractivity contribution in [1.29, 1.82) is 0 Å². The average molecular weight is 368 g/mol. The third kappa shape index (κ3) is 5.75. The summed E-state index contributed by atoms with van der Waals surface area (Å²) in [5, 5.41) is 3.29. The molecule has 0 nitrogen and oxygen atoms in total. The molecule has 0 aliphatic rings. The van der Waals surface area contributed by atoms with E-state index in [-0.39, 0.29) is 37.7 Å². The molecule has 0 unspecified atom stereocenters. The first-order valence-corrected chi connectivity index (χ1v) is 6.95. The summed E-state index contributed by atoms with van der Waals surface area (Å²) < 4.78 is 12.1. The van der Waals surface area contributed by atoms with Crippen molar-refractivity contribution in [2.75, 3.05) is 23.9 Å². The van der Waals surface area contributed by atoms with Crippen LogP contribution in [0, 0.1) is 54.8 Å². The molecule has 3 heteroatoms. The molecule has 0 aliphatic carbocycles. The molecule has 0 heterocycles. The molecule has 14 heavy (non-hydrogen) atoms. The van der Waals surface area contributed by atoms with E-state index in [1.165, 1.54) is 0 Å². The van der Waals surface area contributed by atoms with Crippen molar-refractivity contribution >= 4 is 10.0 Å². The molecule has 0 saturated heterocycles. The van der Waals surface area contributed by atoms with Gasteiger partial charge in [-0.25, -0.2) is 0 Å². The van der Waals surface area contributed by atoms with E-state index in [0.717, 1.165) is 17.3 Å². The molecule has 0 fully saturated rings. The average Bonchev–Trinajstić information content (AvgIpc) is 2.20. The van der Waals surface area contributed by atoms with Crippen molar-refractivity contribution in [2.24, 2.45) is 0 Å². The minimum Gasteiger partial charge on any atom is -0.281 e. The van der Waals surface area contributed by atoms with Crippen LogP contribution in [0.2, 0.25) is 0 Å². The van der Waals surface area contributed by atoms with E-state index in [4.69, 9.17) is 0 Å². The first kappa shape index (κ1) is 17.4. The minimum absolute atomic E-state index is 0. The van der Waals surface area contributed by atoms with Gasteiger partial charge in [-0.15, -0.1) is 12.8 Å². The quantitative estimate of drug-likeness (QED) is 0.406. The van der Waals surface area contributed by atoms with Crippen LogP contribution in [0.15, 0.2) is 0 Å². The summed E-state index contributed by atoms with van der Waals surface area (Å²) in [5.41, 5.74) is 0. The zero-order valence-corrected chi connectivity index (χ0v) is 12.2. The summed E-state index contributed by atoms with van der Waals surface area (Å²) in [5.74, 6) is 7.01. The van der Waals surface area contributed by atoms with Gasteiger partial charge < -0.3 is 0 Å². The summed E-state index contributed by atoms with van der Waals surface area (Å²) in [4.78, 5) is 0. The van der Waals surface area contributed by atoms with Crippen molar-refractivity contribution in [3.05, 3.63) is 5.92 Å². The molecule has 0 aromatic carbocycles. The van der Waals surface area contributed by atoms with Gasteiger partial charge in [0.05, 0.1) is 6.67 Å². The molecule has 0 aromatic rings. The molecule has 0 saturated carbocycles. The number of alkyl halides is 1. The third-order valence-corrected chi connectivity index (χ3v) is 6.19. The monoisotopic (exact) mass is 368 g/mol. The number of halogens is 1. The maximum absolute atomic E-state index is 12.1. The Labute approximate surface area is 120 Å². The van der Waals surface area contributed by atoms with Crippen LogP contribution in [0.25, 0.3) is 0 Å². The Morgan fingerprint density at radius 1 is 1.14 bits per heavy atom. The van der Waals surface area contributed by atoms with E-state index < -0.39 is 16.7 Å². The molecule has 1 radical (unpaired) electrons. The normalized spacial score (nSPS) is 10.9. The van der Waals surface area contributed by atoms with Gasteiger partial charge in [-0.2, -0.15) is 0 Å². The van der Waals surface area contributed by atoms with Crippen molar-refractivity contribution in [3.8, 4) is 11.2 Å². The van der Waals surface area contributed by atoms with Gasteiger partial charge in [0.2, 0.25) is 0 Å². The Morgan fingerprint density at radius 3 is 1.86 bits per heavy atom. The van der Waals surface area contributed by atoms with Gasteiger partial charge in [0.25, 0.3) is 0 Å². The standard InChI is InChI=1S/C11H20FS.Ho/c1-5-13(6-2,7-3)9-8-11(4)10-12;/h5-7,10H2,1-4H3;/q-1;. The van der Waals surface area contributed by atoms with Gasteiger partial charge in [-0.1, -0.05) is 20.8 Å². The molecule has 0 amide bonds. The number of hydrogen-bond acceptors (Lipinski definition) is 0. The minimum atomic E-state index is -0.764. The van der Waals surface area contributed by atoms with Crippen LogP contribution in [0.4, 0.5) is 4.39 Å². The predicted octanol–water partition coefficient (Wildman–Crippen LogP) is 3.38. The topological polar surface area (TPSA) is 0 Å². The molecular weight excluding hydrogens is 348 g/mol. The predicted molar refractivity (Wildman–Crippen MR) is 61.9 cm³/mol. The van der Waals surface area contributed by atoms with Crippen molar-refractivity contribution in [3.63, 3.8) is 0 Å². The Hall–Kier alpha value is 0.970. The van der Waals surface area contributed by atoms with E-state index in [2.05, 4.69) is 31.9 Å². The number of rotatable bonds is 4. The van der Waals surface area contributed by atoms with E-state index in [1.807, 2.05) is 0 Å². The molecule has 0 N–H and O–H groups in total. The van der Waals surface area contributed by atoms with Crippen LogP contribution in [0.5, 0.6) is 0 Å². The van der Waals surface area contributed by atoms with Crippen molar-refractivity contribution in [2.45, 2.75) is 27.7 Å². The SMILES string of the molecule is CCS(C#C[C-](C)CF)(CC)CC.[Ho]. The summed E-state index contributed by atoms with van der Waals surface area (Å²) in [6.07, 6.45) is 0. The number of hydrogen-bond donors (Lipinski definition) is 0. The molecule has 0 atom stereocenters. The maximum Gasteiger partial charge on any atom is 0.0534 e. The van der Waals surface area contributed by atoms with Crippen LogP contribution < -0.4 is 0 Å². The van der Waals surface area contributed by atoms with Gasteiger partial charge in [0.15, 0.2) is 0 Å². The molecule has 89 valence electrons. The summed E-state index contributed by atoms with van der Waals surface area (Å²) in [7, 11) is -0.764. The fraction of sp³-hybridized carbons (Fsp3) is 0.727. The van der Waals surface area contributed by atoms with E-state index in [0.29, 0.717) is 5.92 Å². The van der Waals surface area contributed by atoms with Gasteiger partial charge in [0, 0.05) is 37.7 Å². The fourth-order valence-electron chi connectivity index (χ4n) is 1.06. The summed E-state index contributed by atoms with van der Waals surface area (Å²) in [6.45, 7) is 7.91. The molecule has 0 bridgehead atoms. The smallest absolute Gasteiger partial charge is 0.0534 e. The second-order valence-corrected chi connectivity index (χ2v) is 7.08. The van der Waals surface area contributed by atoms with Gasteiger partial charge in [-0.05, 0) is 17.3 Å². The van der Waals surface area contributed by atoms with Crippen LogP contribution in [0.3, 0.4) is 0 Å². The molecular formula is C11H20FHoS-. The first-order chi connectivity index (χ1) is 6.14. The van der Waals surface area contributed by atoms with Crippen LogP contribution in [-0.2, 0) is 0 Å². The third-order valence-electron chi connectivity index (χ3n) is 2.34. The largest absolute Gasteiger partial charge is 0.281 e. The van der Waals surface area contributed by atoms with E-state index in [9.17, 15) is 4.39 Å². The molecule has 0 aliphatic heterocycles. The Kier molecular flexibility index (Phi) is 11.4. The van der Waals surface area contributed by atoms with Crippen LogP contribution in [0.1, 0.15) is 27.7 Å². The van der Waals surface area contributed by atoms with Gasteiger partial charge in [-0.3, -0.25) is 25.6 Å². The Morgan fingerprint density at radius 2 is 1.57 bits per heavy atom. The zero-order valence-electron chi connectivity index (χ0n) is 9.42. The fourth-order valence-corrected chi connectivity index (χ4v) is 3.11. The molecule has 0 aromatic heterocycles. The second-order valence-electron chi connectivity index (χ2n) is 3.05. The summed E-state index contributed by atoms with van der Waals surface area (Å²) >= 11 is 0. The maximum atomic E-state index is 12.1. The summed E-state index contributed by atoms with van der Waals surface area (Å²) in [6, 6.07) is 0. The zero-order chi connectivity index (χ0) is 10.3.